The van der Waals surface area contributed by atoms with Crippen LogP contribution < -0.4 is 5.32 Å². The van der Waals surface area contributed by atoms with E-state index in [1.165, 1.54) is 10.9 Å². The van der Waals surface area contributed by atoms with Crippen LogP contribution in [0.25, 0.3) is 0 Å². The third kappa shape index (κ3) is 2.23. The van der Waals surface area contributed by atoms with Crippen molar-refractivity contribution in [2.45, 2.75) is 18.8 Å². The summed E-state index contributed by atoms with van der Waals surface area (Å²) in [5, 5.41) is 6.85. The van der Waals surface area contributed by atoms with E-state index in [0.29, 0.717) is 6.54 Å². The van der Waals surface area contributed by atoms with E-state index in [9.17, 15) is 13.2 Å². The van der Waals surface area contributed by atoms with Gasteiger partial charge >= 0.3 is 6.18 Å². The molecule has 0 radical (unpaired) electrons. The number of rotatable bonds is 1. The van der Waals surface area contributed by atoms with Gasteiger partial charge in [-0.2, -0.15) is 18.3 Å². The van der Waals surface area contributed by atoms with Crippen molar-refractivity contribution in [3.05, 3.63) is 53.3 Å². The average molecular weight is 267 g/mol. The summed E-state index contributed by atoms with van der Waals surface area (Å²) in [6, 6.07) is 8.55. The number of alkyl halides is 3. The summed E-state index contributed by atoms with van der Waals surface area (Å²) < 4.78 is 39.1. The molecule has 3 rings (SSSR count). The van der Waals surface area contributed by atoms with Crippen molar-refractivity contribution >= 4 is 0 Å². The highest BCUT2D eigenvalue weighted by Crippen LogP contribution is 2.30. The molecule has 0 fully saturated rings. The van der Waals surface area contributed by atoms with Gasteiger partial charge in [0.25, 0.3) is 0 Å². The molecule has 3 nitrogen and oxygen atoms in total. The highest BCUT2D eigenvalue weighted by atomic mass is 19.4. The maximum Gasteiger partial charge on any atom is 0.435 e. The van der Waals surface area contributed by atoms with Crippen LogP contribution in [0.15, 0.2) is 36.5 Å². The maximum atomic E-state index is 12.6. The van der Waals surface area contributed by atoms with Gasteiger partial charge in [0.15, 0.2) is 5.69 Å². The van der Waals surface area contributed by atoms with Crippen LogP contribution in [0.4, 0.5) is 13.2 Å². The van der Waals surface area contributed by atoms with Gasteiger partial charge in [-0.05, 0) is 17.2 Å². The van der Waals surface area contributed by atoms with Crippen LogP contribution in [0.2, 0.25) is 0 Å². The molecule has 1 atom stereocenters. The molecule has 1 unspecified atom stereocenters. The van der Waals surface area contributed by atoms with Gasteiger partial charge in [0, 0.05) is 19.3 Å². The molecule has 2 heterocycles. The van der Waals surface area contributed by atoms with E-state index >= 15 is 0 Å². The van der Waals surface area contributed by atoms with Crippen LogP contribution in [-0.2, 0) is 12.7 Å². The third-order valence-corrected chi connectivity index (χ3v) is 3.29. The molecule has 1 aromatic heterocycles. The Morgan fingerprint density at radius 1 is 1.21 bits per heavy atom. The van der Waals surface area contributed by atoms with Crippen molar-refractivity contribution in [2.24, 2.45) is 0 Å². The number of nitrogens with zero attached hydrogens (tertiary/aromatic N) is 2. The first-order valence-electron chi connectivity index (χ1n) is 5.96. The Labute approximate surface area is 108 Å². The Kier molecular flexibility index (Phi) is 2.82. The number of nitrogens with one attached hydrogen (secondary N) is 1. The molecular weight excluding hydrogens is 255 g/mol. The molecule has 0 saturated carbocycles. The minimum Gasteiger partial charge on any atom is -0.310 e. The predicted molar refractivity (Wildman–Crippen MR) is 63.5 cm³/mol. The van der Waals surface area contributed by atoms with Gasteiger partial charge < -0.3 is 5.32 Å². The molecule has 1 aromatic carbocycles. The lowest BCUT2D eigenvalue weighted by Gasteiger charge is -2.26. The van der Waals surface area contributed by atoms with Crippen LogP contribution in [0.3, 0.4) is 0 Å². The number of halogens is 3. The van der Waals surface area contributed by atoms with Crippen LogP contribution in [0.1, 0.15) is 22.9 Å². The fraction of sp³-hybridized carbons (Fsp3) is 0.308. The van der Waals surface area contributed by atoms with Crippen LogP contribution in [0.5, 0.6) is 0 Å². The summed E-state index contributed by atoms with van der Waals surface area (Å²) >= 11 is 0. The van der Waals surface area contributed by atoms with Crippen molar-refractivity contribution in [1.29, 1.82) is 0 Å². The Morgan fingerprint density at radius 2 is 2.00 bits per heavy atom. The highest BCUT2D eigenvalue weighted by molar-refractivity contribution is 5.32. The van der Waals surface area contributed by atoms with Crippen molar-refractivity contribution in [2.75, 3.05) is 6.54 Å². The van der Waals surface area contributed by atoms with E-state index in [4.69, 9.17) is 0 Å². The smallest absolute Gasteiger partial charge is 0.310 e. The summed E-state index contributed by atoms with van der Waals surface area (Å²) in [5.74, 6) is 0. The van der Waals surface area contributed by atoms with Crippen molar-refractivity contribution in [1.82, 2.24) is 15.1 Å². The van der Waals surface area contributed by atoms with Gasteiger partial charge in [0.1, 0.15) is 0 Å². The van der Waals surface area contributed by atoms with Crippen LogP contribution in [-0.4, -0.2) is 16.3 Å². The van der Waals surface area contributed by atoms with Gasteiger partial charge in [-0.25, -0.2) is 0 Å². The predicted octanol–water partition coefficient (Wildman–Crippen LogP) is 2.59. The number of fused-ring (bicyclic) bond motifs is 1. The molecule has 0 saturated heterocycles. The monoisotopic (exact) mass is 267 g/mol. The zero-order chi connectivity index (χ0) is 13.5. The minimum atomic E-state index is -4.40. The van der Waals surface area contributed by atoms with E-state index in [1.807, 2.05) is 24.3 Å². The number of aromatic nitrogens is 2. The molecular formula is C13H12F3N3. The Morgan fingerprint density at radius 3 is 2.74 bits per heavy atom. The quantitative estimate of drug-likeness (QED) is 0.860. The summed E-state index contributed by atoms with van der Waals surface area (Å²) in [6.07, 6.45) is -3.01. The zero-order valence-corrected chi connectivity index (χ0v) is 9.98. The molecule has 1 aliphatic rings. The van der Waals surface area contributed by atoms with E-state index < -0.39 is 11.9 Å². The summed E-state index contributed by atoms with van der Waals surface area (Å²) in [4.78, 5) is 0. The molecule has 0 spiro atoms. The second-order valence-electron chi connectivity index (χ2n) is 4.52. The molecule has 0 aliphatic carbocycles. The van der Waals surface area contributed by atoms with Crippen molar-refractivity contribution in [3.8, 4) is 0 Å². The minimum absolute atomic E-state index is 0.193. The Balaban J connectivity index is 1.98. The normalized spacial score (nSPS) is 19.2. The fourth-order valence-corrected chi connectivity index (χ4v) is 2.37. The van der Waals surface area contributed by atoms with Gasteiger partial charge in [-0.1, -0.05) is 24.3 Å². The molecule has 1 N–H and O–H groups in total. The van der Waals surface area contributed by atoms with Gasteiger partial charge in [0.05, 0.1) is 6.04 Å². The summed E-state index contributed by atoms with van der Waals surface area (Å²) in [5.41, 5.74) is 1.27. The lowest BCUT2D eigenvalue weighted by atomic mass is 9.97. The molecule has 0 bridgehead atoms. The first kappa shape index (κ1) is 12.2. The van der Waals surface area contributed by atoms with E-state index in [1.54, 1.807) is 0 Å². The second-order valence-corrected chi connectivity index (χ2v) is 4.52. The lowest BCUT2D eigenvalue weighted by Crippen LogP contribution is -2.32. The highest BCUT2D eigenvalue weighted by Gasteiger charge is 2.34. The Bertz CT molecular complexity index is 589. The van der Waals surface area contributed by atoms with Gasteiger partial charge in [-0.15, -0.1) is 0 Å². The van der Waals surface area contributed by atoms with Crippen molar-refractivity contribution in [3.63, 3.8) is 0 Å². The first-order chi connectivity index (χ1) is 9.05. The number of hydrogen-bond donors (Lipinski definition) is 1. The molecule has 19 heavy (non-hydrogen) atoms. The second kappa shape index (κ2) is 4.38. The van der Waals surface area contributed by atoms with Crippen molar-refractivity contribution < 1.29 is 13.2 Å². The topological polar surface area (TPSA) is 29.9 Å². The third-order valence-electron chi connectivity index (χ3n) is 3.29. The summed E-state index contributed by atoms with van der Waals surface area (Å²) in [7, 11) is 0. The first-order valence-corrected chi connectivity index (χ1v) is 5.96. The molecule has 2 aromatic rings. The van der Waals surface area contributed by atoms with E-state index in [0.717, 1.165) is 23.7 Å². The maximum absolute atomic E-state index is 12.6. The molecule has 100 valence electrons. The molecule has 6 heteroatoms. The average Bonchev–Trinajstić information content (AvgIpc) is 2.87. The Hall–Kier alpha value is -1.82. The fourth-order valence-electron chi connectivity index (χ4n) is 2.37. The van der Waals surface area contributed by atoms with Gasteiger partial charge in [0.2, 0.25) is 0 Å². The van der Waals surface area contributed by atoms with E-state index in [2.05, 4.69) is 10.4 Å². The number of benzene rings is 1. The van der Waals surface area contributed by atoms with E-state index in [-0.39, 0.29) is 6.04 Å². The van der Waals surface area contributed by atoms with Crippen LogP contribution >= 0.6 is 0 Å². The van der Waals surface area contributed by atoms with Crippen LogP contribution in [0, 0.1) is 0 Å². The largest absolute Gasteiger partial charge is 0.435 e. The standard InChI is InChI=1S/C13H12F3N3/c14-13(15,16)12-5-6-19(18-12)11-8-17-7-9-3-1-2-4-10(9)11/h1-6,11,17H,7-8H2. The molecule has 1 aliphatic heterocycles. The SMILES string of the molecule is FC(F)(F)c1ccn(C2CNCc3ccccc32)n1. The number of hydrogen-bond acceptors (Lipinski definition) is 2. The zero-order valence-electron chi connectivity index (χ0n) is 9.98. The summed E-state index contributed by atoms with van der Waals surface area (Å²) in [6.45, 7) is 1.32. The van der Waals surface area contributed by atoms with Gasteiger partial charge in [-0.3, -0.25) is 4.68 Å². The molecule has 0 amide bonds. The lowest BCUT2D eigenvalue weighted by molar-refractivity contribution is -0.141.